The second-order valence-electron chi connectivity index (χ2n) is 3.40. The summed E-state index contributed by atoms with van der Waals surface area (Å²) in [7, 11) is 4.64. The topological polar surface area (TPSA) is 0 Å². The summed E-state index contributed by atoms with van der Waals surface area (Å²) in [6.45, 7) is 11.1. The van der Waals surface area contributed by atoms with Gasteiger partial charge in [-0.1, -0.05) is 19.4 Å². The number of rotatable bonds is 1. The first-order valence-electron chi connectivity index (χ1n) is 4.46. The van der Waals surface area contributed by atoms with Crippen LogP contribution in [0, 0.1) is 27.2 Å². The fourth-order valence-corrected chi connectivity index (χ4v) is 1.86. The molecule has 0 nitrogen and oxygen atoms in total. The van der Waals surface area contributed by atoms with Crippen LogP contribution in [0.2, 0.25) is 0 Å². The Labute approximate surface area is 112 Å². The van der Waals surface area contributed by atoms with Gasteiger partial charge in [-0.15, -0.1) is 19.4 Å². The van der Waals surface area contributed by atoms with Crippen molar-refractivity contribution in [1.82, 2.24) is 0 Å². The van der Waals surface area contributed by atoms with Gasteiger partial charge in [0.25, 0.3) is 0 Å². The second kappa shape index (κ2) is 9.57. The van der Waals surface area contributed by atoms with Crippen LogP contribution in [-0.4, -0.2) is 0 Å². The molecule has 1 aliphatic carbocycles. The first-order chi connectivity index (χ1) is 6.09. The first kappa shape index (κ1) is 20.7. The van der Waals surface area contributed by atoms with Crippen LogP contribution in [0.15, 0.2) is 22.3 Å². The van der Waals surface area contributed by atoms with Crippen molar-refractivity contribution in [3.05, 3.63) is 43.6 Å². The molecule has 0 fully saturated rings. The van der Waals surface area contributed by atoms with Gasteiger partial charge in [-0.3, -0.25) is 0 Å². The van der Waals surface area contributed by atoms with Crippen molar-refractivity contribution in [3.63, 3.8) is 0 Å². The van der Waals surface area contributed by atoms with E-state index in [0.29, 0.717) is 5.92 Å². The summed E-state index contributed by atoms with van der Waals surface area (Å²) < 4.78 is 0. The van der Waals surface area contributed by atoms with Crippen molar-refractivity contribution in [3.8, 4) is 0 Å². The average molecular weight is 263 g/mol. The molecule has 0 spiro atoms. The normalized spacial score (nSPS) is 18.8. The third kappa shape index (κ3) is 4.38. The molecule has 0 radical (unpaired) electrons. The molecule has 0 amide bonds. The molecular weight excluding hydrogens is 239 g/mol. The van der Waals surface area contributed by atoms with Gasteiger partial charge in [0.1, 0.15) is 0 Å². The number of halogens is 1. The Morgan fingerprint density at radius 1 is 1.07 bits per heavy atom. The molecule has 0 bridgehead atoms. The van der Waals surface area contributed by atoms with E-state index in [1.54, 1.807) is 0 Å². The van der Waals surface area contributed by atoms with Crippen molar-refractivity contribution in [2.24, 2.45) is 5.92 Å². The Morgan fingerprint density at radius 3 is 1.60 bits per heavy atom. The van der Waals surface area contributed by atoms with Gasteiger partial charge in [-0.05, 0) is 12.8 Å². The van der Waals surface area contributed by atoms with Gasteiger partial charge >= 0.3 is 28.7 Å². The molecule has 0 saturated carbocycles. The minimum absolute atomic E-state index is 0. The summed E-state index contributed by atoms with van der Waals surface area (Å²) in [6, 6.07) is 0. The SMILES string of the molecule is C[CH-]C1=C(C)C(C)=C(C)C1C.[CH3-].[CH3-].[Cl][Ti+3]. The molecule has 0 aliphatic heterocycles. The number of allylic oxidation sites excluding steroid dienone is 4. The quantitative estimate of drug-likeness (QED) is 0.455. The van der Waals surface area contributed by atoms with Crippen LogP contribution < -0.4 is 0 Å². The van der Waals surface area contributed by atoms with Crippen LogP contribution in [0.1, 0.15) is 34.6 Å². The molecule has 0 aromatic carbocycles. The third-order valence-electron chi connectivity index (χ3n) is 3.01. The van der Waals surface area contributed by atoms with E-state index >= 15 is 0 Å². The third-order valence-corrected chi connectivity index (χ3v) is 3.01. The molecule has 0 aromatic heterocycles. The summed E-state index contributed by atoms with van der Waals surface area (Å²) >= 11 is 1.47. The maximum atomic E-state index is 4.64. The monoisotopic (exact) mass is 262 g/mol. The van der Waals surface area contributed by atoms with E-state index in [1.165, 1.54) is 41.7 Å². The molecule has 1 unspecified atom stereocenters. The van der Waals surface area contributed by atoms with Gasteiger partial charge in [-0.25, -0.2) is 12.0 Å². The summed E-state index contributed by atoms with van der Waals surface area (Å²) in [5.41, 5.74) is 6.03. The van der Waals surface area contributed by atoms with Gasteiger partial charge in [-0.2, -0.15) is 5.57 Å². The molecule has 1 rings (SSSR count). The van der Waals surface area contributed by atoms with E-state index in [4.69, 9.17) is 0 Å². The van der Waals surface area contributed by atoms with Gasteiger partial charge in [0.15, 0.2) is 0 Å². The zero-order chi connectivity index (χ0) is 10.6. The second-order valence-corrected chi connectivity index (χ2v) is 3.40. The predicted molar refractivity (Wildman–Crippen MR) is 68.9 cm³/mol. The molecule has 15 heavy (non-hydrogen) atoms. The molecule has 2 heteroatoms. The standard InChI is InChI=1S/C11H17.2CH3.ClH.Ti/c1-6-11-9(4)7(2)8(3)10(11)5;;;;/h6,9H,1-5H3;2*1H3;1H;/q3*-1;;+4/p-1. The molecule has 0 saturated heterocycles. The van der Waals surface area contributed by atoms with Gasteiger partial charge < -0.3 is 14.9 Å². The van der Waals surface area contributed by atoms with Crippen molar-refractivity contribution < 1.29 is 19.4 Å². The van der Waals surface area contributed by atoms with Crippen molar-refractivity contribution >= 4 is 9.30 Å². The molecule has 0 N–H and O–H groups in total. The van der Waals surface area contributed by atoms with E-state index in [2.05, 4.69) is 50.3 Å². The van der Waals surface area contributed by atoms with E-state index in [-0.39, 0.29) is 14.9 Å². The molecular formula is C13H23ClTi. The van der Waals surface area contributed by atoms with Crippen molar-refractivity contribution in [2.75, 3.05) is 0 Å². The zero-order valence-electron chi connectivity index (χ0n) is 11.0. The molecule has 0 aromatic rings. The van der Waals surface area contributed by atoms with E-state index in [1.807, 2.05) is 0 Å². The summed E-state index contributed by atoms with van der Waals surface area (Å²) in [6.07, 6.45) is 2.24. The van der Waals surface area contributed by atoms with E-state index in [0.717, 1.165) is 0 Å². The van der Waals surface area contributed by atoms with Crippen LogP contribution in [0.25, 0.3) is 0 Å². The number of hydrogen-bond donors (Lipinski definition) is 0. The molecule has 0 heterocycles. The fourth-order valence-electron chi connectivity index (χ4n) is 1.86. The number of hydrogen-bond acceptors (Lipinski definition) is 0. The predicted octanol–water partition coefficient (Wildman–Crippen LogP) is 5.10. The van der Waals surface area contributed by atoms with Crippen molar-refractivity contribution in [1.29, 1.82) is 0 Å². The summed E-state index contributed by atoms with van der Waals surface area (Å²) in [5, 5.41) is 0. The zero-order valence-corrected chi connectivity index (χ0v) is 13.4. The van der Waals surface area contributed by atoms with Crippen molar-refractivity contribution in [2.45, 2.75) is 34.6 Å². The van der Waals surface area contributed by atoms with Crippen LogP contribution >= 0.6 is 9.30 Å². The average Bonchev–Trinajstić information content (AvgIpc) is 2.35. The van der Waals surface area contributed by atoms with E-state index in [9.17, 15) is 0 Å². The van der Waals surface area contributed by atoms with E-state index < -0.39 is 0 Å². The Balaban J connectivity index is -0.000000339. The fraction of sp³-hybridized carbons (Fsp3) is 0.462. The van der Waals surface area contributed by atoms with Crippen LogP contribution in [0.4, 0.5) is 0 Å². The molecule has 86 valence electrons. The van der Waals surface area contributed by atoms with Crippen LogP contribution in [0.5, 0.6) is 0 Å². The van der Waals surface area contributed by atoms with Crippen LogP contribution in [0.3, 0.4) is 0 Å². The maximum absolute atomic E-state index is 4.64. The molecule has 1 atom stereocenters. The Kier molecular flexibility index (Phi) is 13.2. The molecule has 1 aliphatic rings. The minimum atomic E-state index is 0. The van der Waals surface area contributed by atoms with Gasteiger partial charge in [0.2, 0.25) is 0 Å². The first-order valence-corrected chi connectivity index (χ1v) is 6.61. The summed E-state index contributed by atoms with van der Waals surface area (Å²) in [5.74, 6) is 0.653. The van der Waals surface area contributed by atoms with Gasteiger partial charge in [0, 0.05) is 0 Å². The van der Waals surface area contributed by atoms with Crippen LogP contribution in [-0.2, 0) is 19.4 Å². The Morgan fingerprint density at radius 2 is 1.47 bits per heavy atom. The Hall–Kier alpha value is 0.354. The summed E-state index contributed by atoms with van der Waals surface area (Å²) in [4.78, 5) is 0. The van der Waals surface area contributed by atoms with Gasteiger partial charge in [0.05, 0.1) is 0 Å². The Bertz CT molecular complexity index is 239.